The van der Waals surface area contributed by atoms with Crippen LogP contribution in [0.1, 0.15) is 30.1 Å². The largest absolute Gasteiger partial charge is 0.396 e. The molecule has 3 nitrogen and oxygen atoms in total. The molecule has 0 saturated carbocycles. The molecule has 1 atom stereocenters. The van der Waals surface area contributed by atoms with Gasteiger partial charge in [-0.25, -0.2) is 22.0 Å². The highest BCUT2D eigenvalue weighted by Crippen LogP contribution is 2.23. The lowest BCUT2D eigenvalue weighted by molar-refractivity contribution is 0.0917. The molecule has 112 valence electrons. The molecule has 0 fully saturated rings. The van der Waals surface area contributed by atoms with Gasteiger partial charge in [0.25, 0.3) is 5.91 Å². The Kier molecular flexibility index (Phi) is 5.43. The van der Waals surface area contributed by atoms with E-state index < -0.39 is 46.6 Å². The average Bonchev–Trinajstić information content (AvgIpc) is 2.42. The zero-order valence-electron chi connectivity index (χ0n) is 10.4. The quantitative estimate of drug-likeness (QED) is 0.497. The lowest BCUT2D eigenvalue weighted by Gasteiger charge is -2.16. The van der Waals surface area contributed by atoms with E-state index in [0.717, 1.165) is 0 Å². The third-order valence-electron chi connectivity index (χ3n) is 2.74. The SMILES string of the molecule is CCC(CCO)NC(=O)c1c(F)c(F)c(F)c(F)c1F. The molecule has 1 aromatic rings. The second-order valence-electron chi connectivity index (χ2n) is 4.04. The maximum absolute atomic E-state index is 13.4. The molecule has 2 N–H and O–H groups in total. The number of nitrogens with one attached hydrogen (secondary N) is 1. The molecular weight excluding hydrogens is 285 g/mol. The Labute approximate surface area is 111 Å². The Morgan fingerprint density at radius 1 is 1.05 bits per heavy atom. The Morgan fingerprint density at radius 3 is 1.90 bits per heavy atom. The summed E-state index contributed by atoms with van der Waals surface area (Å²) >= 11 is 0. The number of aliphatic hydroxyl groups excluding tert-OH is 1. The maximum Gasteiger partial charge on any atom is 0.257 e. The Balaban J connectivity index is 3.17. The van der Waals surface area contributed by atoms with Crippen LogP contribution >= 0.6 is 0 Å². The second-order valence-corrected chi connectivity index (χ2v) is 4.04. The number of hydrogen-bond acceptors (Lipinski definition) is 2. The van der Waals surface area contributed by atoms with Crippen LogP contribution in [0.15, 0.2) is 0 Å². The van der Waals surface area contributed by atoms with Gasteiger partial charge in [-0.05, 0) is 12.8 Å². The van der Waals surface area contributed by atoms with Crippen molar-refractivity contribution in [1.82, 2.24) is 5.32 Å². The van der Waals surface area contributed by atoms with Crippen LogP contribution in [0.3, 0.4) is 0 Å². The van der Waals surface area contributed by atoms with E-state index in [0.29, 0.717) is 6.42 Å². The monoisotopic (exact) mass is 297 g/mol. The van der Waals surface area contributed by atoms with Crippen molar-refractivity contribution in [2.45, 2.75) is 25.8 Å². The van der Waals surface area contributed by atoms with Crippen molar-refractivity contribution in [2.75, 3.05) is 6.61 Å². The van der Waals surface area contributed by atoms with Gasteiger partial charge in [-0.15, -0.1) is 0 Å². The molecule has 0 spiro atoms. The summed E-state index contributed by atoms with van der Waals surface area (Å²) < 4.78 is 65.4. The van der Waals surface area contributed by atoms with Crippen LogP contribution < -0.4 is 5.32 Å². The minimum absolute atomic E-state index is 0.0949. The summed E-state index contributed by atoms with van der Waals surface area (Å²) in [7, 11) is 0. The third kappa shape index (κ3) is 3.06. The Morgan fingerprint density at radius 2 is 1.50 bits per heavy atom. The van der Waals surface area contributed by atoms with E-state index >= 15 is 0 Å². The fourth-order valence-electron chi connectivity index (χ4n) is 1.60. The fraction of sp³-hybridized carbons (Fsp3) is 0.417. The van der Waals surface area contributed by atoms with Crippen LogP contribution in [0.25, 0.3) is 0 Å². The van der Waals surface area contributed by atoms with E-state index in [1.807, 2.05) is 0 Å². The number of amides is 1. The van der Waals surface area contributed by atoms with Crippen LogP contribution in [0.5, 0.6) is 0 Å². The minimum atomic E-state index is -2.32. The van der Waals surface area contributed by atoms with E-state index in [2.05, 4.69) is 5.32 Å². The summed E-state index contributed by atoms with van der Waals surface area (Å²) in [4.78, 5) is 11.6. The smallest absolute Gasteiger partial charge is 0.257 e. The number of carbonyl (C=O) groups is 1. The van der Waals surface area contributed by atoms with Gasteiger partial charge in [-0.3, -0.25) is 4.79 Å². The number of halogens is 5. The maximum atomic E-state index is 13.4. The number of benzene rings is 1. The molecule has 1 amide bonds. The number of aliphatic hydroxyl groups is 1. The minimum Gasteiger partial charge on any atom is -0.396 e. The second kappa shape index (κ2) is 6.65. The molecule has 0 bridgehead atoms. The summed E-state index contributed by atoms with van der Waals surface area (Å²) in [5, 5.41) is 10.8. The molecule has 0 aliphatic rings. The van der Waals surface area contributed by atoms with Gasteiger partial charge in [-0.1, -0.05) is 6.92 Å². The number of carbonyl (C=O) groups excluding carboxylic acids is 1. The summed E-state index contributed by atoms with van der Waals surface area (Å²) in [6.45, 7) is 1.33. The van der Waals surface area contributed by atoms with Crippen molar-refractivity contribution in [2.24, 2.45) is 0 Å². The van der Waals surface area contributed by atoms with Crippen molar-refractivity contribution in [3.05, 3.63) is 34.6 Å². The first-order chi connectivity index (χ1) is 9.34. The summed E-state index contributed by atoms with van der Waals surface area (Å²) in [5.41, 5.74) is -1.53. The predicted molar refractivity (Wildman–Crippen MR) is 59.5 cm³/mol. The number of hydrogen-bond donors (Lipinski definition) is 2. The highest BCUT2D eigenvalue weighted by Gasteiger charge is 2.30. The molecule has 8 heteroatoms. The van der Waals surface area contributed by atoms with Gasteiger partial charge in [0.2, 0.25) is 5.82 Å². The van der Waals surface area contributed by atoms with E-state index in [1.54, 1.807) is 6.92 Å². The molecule has 0 saturated heterocycles. The normalized spacial score (nSPS) is 12.3. The van der Waals surface area contributed by atoms with Crippen molar-refractivity contribution in [1.29, 1.82) is 0 Å². The molecule has 0 heterocycles. The Bertz CT molecular complexity index is 492. The van der Waals surface area contributed by atoms with Gasteiger partial charge in [0, 0.05) is 12.6 Å². The summed E-state index contributed by atoms with van der Waals surface area (Å²) in [5.74, 6) is -12.5. The molecule has 1 unspecified atom stereocenters. The topological polar surface area (TPSA) is 49.3 Å². The molecule has 1 aromatic carbocycles. The van der Waals surface area contributed by atoms with Gasteiger partial charge >= 0.3 is 0 Å². The van der Waals surface area contributed by atoms with Crippen LogP contribution in [0, 0.1) is 29.1 Å². The van der Waals surface area contributed by atoms with E-state index in [-0.39, 0.29) is 13.0 Å². The lowest BCUT2D eigenvalue weighted by atomic mass is 10.1. The average molecular weight is 297 g/mol. The van der Waals surface area contributed by atoms with Gasteiger partial charge in [-0.2, -0.15) is 0 Å². The van der Waals surface area contributed by atoms with Crippen LogP contribution in [0.2, 0.25) is 0 Å². The van der Waals surface area contributed by atoms with Crippen molar-refractivity contribution in [3.63, 3.8) is 0 Å². The van der Waals surface area contributed by atoms with Gasteiger partial charge < -0.3 is 10.4 Å². The van der Waals surface area contributed by atoms with Crippen LogP contribution in [0.4, 0.5) is 22.0 Å². The van der Waals surface area contributed by atoms with Gasteiger partial charge in [0.05, 0.1) is 0 Å². The molecule has 1 rings (SSSR count). The number of rotatable bonds is 5. The zero-order chi connectivity index (χ0) is 15.4. The standard InChI is InChI=1S/C12H12F5NO2/c1-2-5(3-4-19)18-12(20)6-7(13)9(15)11(17)10(16)8(6)14/h5,19H,2-4H2,1H3,(H,18,20). The molecule has 0 aromatic heterocycles. The Hall–Kier alpha value is -1.70. The first-order valence-corrected chi connectivity index (χ1v) is 5.78. The summed E-state index contributed by atoms with van der Waals surface area (Å²) in [6.07, 6.45) is 0.416. The van der Waals surface area contributed by atoms with Crippen LogP contribution in [-0.2, 0) is 0 Å². The van der Waals surface area contributed by atoms with Gasteiger partial charge in [0.1, 0.15) is 5.56 Å². The van der Waals surface area contributed by atoms with E-state index in [4.69, 9.17) is 5.11 Å². The molecule has 20 heavy (non-hydrogen) atoms. The zero-order valence-corrected chi connectivity index (χ0v) is 10.4. The molecule has 0 aliphatic carbocycles. The molecule has 0 aliphatic heterocycles. The van der Waals surface area contributed by atoms with E-state index in [9.17, 15) is 26.7 Å². The predicted octanol–water partition coefficient (Wildman–Crippen LogP) is 2.27. The highest BCUT2D eigenvalue weighted by molar-refractivity contribution is 5.95. The van der Waals surface area contributed by atoms with Crippen molar-refractivity contribution >= 4 is 5.91 Å². The van der Waals surface area contributed by atoms with Crippen LogP contribution in [-0.4, -0.2) is 23.7 Å². The van der Waals surface area contributed by atoms with E-state index in [1.165, 1.54) is 0 Å². The third-order valence-corrected chi connectivity index (χ3v) is 2.74. The molecule has 0 radical (unpaired) electrons. The fourth-order valence-corrected chi connectivity index (χ4v) is 1.60. The van der Waals surface area contributed by atoms with Gasteiger partial charge in [0.15, 0.2) is 23.3 Å². The summed E-state index contributed by atoms with van der Waals surface area (Å²) in [6, 6.07) is -0.637. The first kappa shape index (κ1) is 16.4. The van der Waals surface area contributed by atoms with Crippen molar-refractivity contribution < 1.29 is 31.9 Å². The lowest BCUT2D eigenvalue weighted by Crippen LogP contribution is -2.36. The highest BCUT2D eigenvalue weighted by atomic mass is 19.2. The first-order valence-electron chi connectivity index (χ1n) is 5.78. The molecular formula is C12H12F5NO2. The van der Waals surface area contributed by atoms with Crippen molar-refractivity contribution in [3.8, 4) is 0 Å².